The van der Waals surface area contributed by atoms with Crippen molar-refractivity contribution in [2.45, 2.75) is 12.3 Å². The Bertz CT molecular complexity index is 760. The number of hydrogen-bond donors (Lipinski definition) is 0. The van der Waals surface area contributed by atoms with Gasteiger partial charge in [0, 0.05) is 15.3 Å². The normalized spacial score (nSPS) is 12.8. The van der Waals surface area contributed by atoms with Crippen molar-refractivity contribution < 1.29 is 0 Å². The first-order valence-corrected chi connectivity index (χ1v) is 8.57. The van der Waals surface area contributed by atoms with E-state index in [1.54, 1.807) is 11.3 Å². The molecular formula is C16H11BrCl2S. The van der Waals surface area contributed by atoms with Crippen LogP contribution < -0.4 is 0 Å². The highest BCUT2D eigenvalue weighted by Gasteiger charge is 2.17. The zero-order valence-corrected chi connectivity index (χ0v) is 14.6. The van der Waals surface area contributed by atoms with Crippen molar-refractivity contribution >= 4 is 61.2 Å². The first-order chi connectivity index (χ1) is 9.58. The molecule has 0 saturated heterocycles. The molecule has 1 atom stereocenters. The van der Waals surface area contributed by atoms with Gasteiger partial charge in [-0.05, 0) is 51.5 Å². The largest absolute Gasteiger partial charge is 0.131 e. The molecule has 4 heteroatoms. The molecule has 20 heavy (non-hydrogen) atoms. The van der Waals surface area contributed by atoms with Crippen molar-refractivity contribution in [3.8, 4) is 0 Å². The van der Waals surface area contributed by atoms with Crippen LogP contribution in [0.4, 0.5) is 0 Å². The Balaban J connectivity index is 2.17. The fourth-order valence-corrected chi connectivity index (χ4v) is 4.45. The Morgan fingerprint density at radius 1 is 1.10 bits per heavy atom. The SMILES string of the molecule is Cc1cc(C(Cl)c2ccc(Cl)c3ccccc23)sc1Br. The highest BCUT2D eigenvalue weighted by Crippen LogP contribution is 2.41. The molecule has 0 aliphatic carbocycles. The van der Waals surface area contributed by atoms with E-state index in [9.17, 15) is 0 Å². The summed E-state index contributed by atoms with van der Waals surface area (Å²) in [4.78, 5) is 1.14. The van der Waals surface area contributed by atoms with Gasteiger partial charge in [0.15, 0.2) is 0 Å². The number of aryl methyl sites for hydroxylation is 1. The van der Waals surface area contributed by atoms with Crippen LogP contribution in [0.2, 0.25) is 5.02 Å². The van der Waals surface area contributed by atoms with Crippen LogP contribution in [0.15, 0.2) is 46.3 Å². The minimum Gasteiger partial charge on any atom is -0.131 e. The van der Waals surface area contributed by atoms with Crippen LogP contribution in [0.25, 0.3) is 10.8 Å². The van der Waals surface area contributed by atoms with Gasteiger partial charge in [0.2, 0.25) is 0 Å². The molecular weight excluding hydrogens is 375 g/mol. The third-order valence-electron chi connectivity index (χ3n) is 3.30. The summed E-state index contributed by atoms with van der Waals surface area (Å²) in [7, 11) is 0. The van der Waals surface area contributed by atoms with Gasteiger partial charge in [-0.3, -0.25) is 0 Å². The second-order valence-electron chi connectivity index (χ2n) is 4.65. The fourth-order valence-electron chi connectivity index (χ4n) is 2.27. The van der Waals surface area contributed by atoms with Crippen LogP contribution in [-0.4, -0.2) is 0 Å². The lowest BCUT2D eigenvalue weighted by Gasteiger charge is -2.12. The summed E-state index contributed by atoms with van der Waals surface area (Å²) in [5, 5.41) is 2.76. The van der Waals surface area contributed by atoms with Crippen LogP contribution in [0.5, 0.6) is 0 Å². The summed E-state index contributed by atoms with van der Waals surface area (Å²) in [6.07, 6.45) is 0. The number of rotatable bonds is 2. The van der Waals surface area contributed by atoms with E-state index in [-0.39, 0.29) is 5.38 Å². The predicted molar refractivity (Wildman–Crippen MR) is 93.4 cm³/mol. The van der Waals surface area contributed by atoms with Crippen molar-refractivity contribution in [3.63, 3.8) is 0 Å². The molecule has 1 heterocycles. The zero-order chi connectivity index (χ0) is 14.3. The van der Waals surface area contributed by atoms with E-state index in [0.717, 1.165) is 30.0 Å². The molecule has 102 valence electrons. The number of alkyl halides is 1. The summed E-state index contributed by atoms with van der Waals surface area (Å²) in [5.41, 5.74) is 2.31. The standard InChI is InChI=1S/C16H11BrCl2S/c1-9-8-14(20-16(9)17)15(19)12-6-7-13(18)11-5-3-2-4-10(11)12/h2-8,15H,1H3. The van der Waals surface area contributed by atoms with E-state index < -0.39 is 0 Å². The Morgan fingerprint density at radius 2 is 1.80 bits per heavy atom. The van der Waals surface area contributed by atoms with Gasteiger partial charge < -0.3 is 0 Å². The lowest BCUT2D eigenvalue weighted by molar-refractivity contribution is 1.20. The minimum atomic E-state index is -0.160. The van der Waals surface area contributed by atoms with Gasteiger partial charge in [-0.25, -0.2) is 0 Å². The monoisotopic (exact) mass is 384 g/mol. The van der Waals surface area contributed by atoms with E-state index in [0.29, 0.717) is 0 Å². The lowest BCUT2D eigenvalue weighted by atomic mass is 10.0. The third kappa shape index (κ3) is 2.50. The van der Waals surface area contributed by atoms with Crippen molar-refractivity contribution in [2.24, 2.45) is 0 Å². The minimum absolute atomic E-state index is 0.160. The quantitative estimate of drug-likeness (QED) is 0.418. The van der Waals surface area contributed by atoms with E-state index in [2.05, 4.69) is 35.0 Å². The maximum absolute atomic E-state index is 6.69. The molecule has 0 bridgehead atoms. The van der Waals surface area contributed by atoms with Gasteiger partial charge in [0.1, 0.15) is 0 Å². The first kappa shape index (κ1) is 14.4. The van der Waals surface area contributed by atoms with Gasteiger partial charge >= 0.3 is 0 Å². The smallest absolute Gasteiger partial charge is 0.0934 e. The Hall–Kier alpha value is -0.540. The molecule has 0 saturated carbocycles. The molecule has 0 aliphatic heterocycles. The summed E-state index contributed by atoms with van der Waals surface area (Å²) < 4.78 is 1.14. The molecule has 0 N–H and O–H groups in total. The topological polar surface area (TPSA) is 0 Å². The van der Waals surface area contributed by atoms with Gasteiger partial charge in [-0.1, -0.05) is 41.9 Å². The molecule has 3 rings (SSSR count). The maximum atomic E-state index is 6.69. The molecule has 0 radical (unpaired) electrons. The first-order valence-electron chi connectivity index (χ1n) is 6.15. The Kier molecular flexibility index (Phi) is 4.09. The van der Waals surface area contributed by atoms with Gasteiger partial charge in [-0.15, -0.1) is 22.9 Å². The van der Waals surface area contributed by atoms with Crippen molar-refractivity contribution in [1.29, 1.82) is 0 Å². The van der Waals surface area contributed by atoms with Gasteiger partial charge in [0.05, 0.1) is 9.16 Å². The van der Waals surface area contributed by atoms with Crippen LogP contribution in [0.3, 0.4) is 0 Å². The fraction of sp³-hybridized carbons (Fsp3) is 0.125. The second-order valence-corrected chi connectivity index (χ2v) is 7.90. The van der Waals surface area contributed by atoms with Crippen LogP contribution in [0.1, 0.15) is 21.4 Å². The van der Waals surface area contributed by atoms with E-state index in [4.69, 9.17) is 23.2 Å². The Morgan fingerprint density at radius 3 is 2.45 bits per heavy atom. The van der Waals surface area contributed by atoms with Gasteiger partial charge in [0.25, 0.3) is 0 Å². The molecule has 0 amide bonds. The van der Waals surface area contributed by atoms with Crippen molar-refractivity contribution in [2.75, 3.05) is 0 Å². The molecule has 2 aromatic carbocycles. The second kappa shape index (κ2) is 5.69. The third-order valence-corrected chi connectivity index (χ3v) is 6.43. The number of thiophene rings is 1. The zero-order valence-electron chi connectivity index (χ0n) is 10.7. The van der Waals surface area contributed by atoms with Gasteiger partial charge in [-0.2, -0.15) is 0 Å². The molecule has 1 aromatic heterocycles. The van der Waals surface area contributed by atoms with Crippen LogP contribution in [-0.2, 0) is 0 Å². The molecule has 0 fully saturated rings. The Labute approximate surface area is 140 Å². The highest BCUT2D eigenvalue weighted by molar-refractivity contribution is 9.11. The number of hydrogen-bond acceptors (Lipinski definition) is 1. The molecule has 0 aliphatic rings. The van der Waals surface area contributed by atoms with Crippen LogP contribution in [0, 0.1) is 6.92 Å². The number of benzene rings is 2. The predicted octanol–water partition coefficient (Wildman–Crippen LogP) is 6.95. The lowest BCUT2D eigenvalue weighted by Crippen LogP contribution is -1.92. The molecule has 3 aromatic rings. The summed E-state index contributed by atoms with van der Waals surface area (Å²) >= 11 is 18.2. The van der Waals surface area contributed by atoms with E-state index in [1.807, 2.05) is 30.3 Å². The average Bonchev–Trinajstić information content (AvgIpc) is 2.79. The summed E-state index contributed by atoms with van der Waals surface area (Å²) in [6, 6.07) is 14.2. The van der Waals surface area contributed by atoms with Crippen LogP contribution >= 0.6 is 50.5 Å². The van der Waals surface area contributed by atoms with E-state index >= 15 is 0 Å². The van der Waals surface area contributed by atoms with E-state index in [1.165, 1.54) is 5.56 Å². The van der Waals surface area contributed by atoms with Crippen molar-refractivity contribution in [1.82, 2.24) is 0 Å². The molecule has 0 nitrogen and oxygen atoms in total. The summed E-state index contributed by atoms with van der Waals surface area (Å²) in [5.74, 6) is 0. The molecule has 1 unspecified atom stereocenters. The number of halogens is 3. The average molecular weight is 386 g/mol. The maximum Gasteiger partial charge on any atom is 0.0934 e. The highest BCUT2D eigenvalue weighted by atomic mass is 79.9. The van der Waals surface area contributed by atoms with Crippen molar-refractivity contribution in [3.05, 3.63) is 67.3 Å². The molecule has 0 spiro atoms. The number of fused-ring (bicyclic) bond motifs is 1. The summed E-state index contributed by atoms with van der Waals surface area (Å²) in [6.45, 7) is 2.08.